The monoisotopic (exact) mass is 297 g/mol. The topological polar surface area (TPSA) is 105 Å². The zero-order chi connectivity index (χ0) is 15.7. The Bertz CT molecular complexity index is 476. The molecule has 0 bridgehead atoms. The van der Waals surface area contributed by atoms with Crippen molar-refractivity contribution >= 4 is 11.9 Å². The maximum absolute atomic E-state index is 11.7. The quantitative estimate of drug-likeness (QED) is 0.610. The Morgan fingerprint density at radius 2 is 1.86 bits per heavy atom. The van der Waals surface area contributed by atoms with Crippen molar-refractivity contribution in [2.45, 2.75) is 19.4 Å². The van der Waals surface area contributed by atoms with Gasteiger partial charge in [-0.2, -0.15) is 0 Å². The molecule has 0 heterocycles. The number of benzene rings is 1. The number of carbonyl (C=O) groups excluding carboxylic acids is 1. The molecule has 1 aromatic rings. The molecule has 0 aliphatic heterocycles. The number of hydrogen-bond donors (Lipinski definition) is 3. The lowest BCUT2D eigenvalue weighted by Gasteiger charge is -2.14. The van der Waals surface area contributed by atoms with Gasteiger partial charge in [0.2, 0.25) is 0 Å². The molecule has 0 saturated carbocycles. The van der Waals surface area contributed by atoms with Crippen molar-refractivity contribution < 1.29 is 29.3 Å². The first kappa shape index (κ1) is 16.8. The second-order valence-corrected chi connectivity index (χ2v) is 4.14. The number of para-hydroxylation sites is 2. The van der Waals surface area contributed by atoms with Crippen LogP contribution in [0.1, 0.15) is 13.3 Å². The summed E-state index contributed by atoms with van der Waals surface area (Å²) in [7, 11) is 0. The number of carboxylic acids is 1. The van der Waals surface area contributed by atoms with Crippen LogP contribution in [0.3, 0.4) is 0 Å². The van der Waals surface area contributed by atoms with E-state index < -0.39 is 17.9 Å². The largest absolute Gasteiger partial charge is 0.490 e. The number of rotatable bonds is 9. The van der Waals surface area contributed by atoms with Crippen molar-refractivity contribution in [1.82, 2.24) is 5.32 Å². The molecule has 0 aliphatic carbocycles. The molecule has 0 radical (unpaired) electrons. The predicted molar refractivity (Wildman–Crippen MR) is 74.4 cm³/mol. The van der Waals surface area contributed by atoms with E-state index in [0.717, 1.165) is 0 Å². The van der Waals surface area contributed by atoms with E-state index in [1.54, 1.807) is 24.3 Å². The third-order valence-electron chi connectivity index (χ3n) is 2.56. The summed E-state index contributed by atoms with van der Waals surface area (Å²) < 4.78 is 10.7. The maximum atomic E-state index is 11.7. The van der Waals surface area contributed by atoms with Crippen LogP contribution in [0, 0.1) is 0 Å². The molecule has 21 heavy (non-hydrogen) atoms. The molecule has 0 aromatic heterocycles. The van der Waals surface area contributed by atoms with Crippen molar-refractivity contribution in [2.24, 2.45) is 0 Å². The van der Waals surface area contributed by atoms with Crippen LogP contribution in [-0.2, 0) is 9.59 Å². The third kappa shape index (κ3) is 5.70. The molecule has 0 spiro atoms. The second-order valence-electron chi connectivity index (χ2n) is 4.14. The number of hydrogen-bond acceptors (Lipinski definition) is 5. The normalized spacial score (nSPS) is 11.5. The number of carboxylic acid groups (broad SMARTS) is 1. The van der Waals surface area contributed by atoms with E-state index in [4.69, 9.17) is 19.7 Å². The zero-order valence-corrected chi connectivity index (χ0v) is 11.7. The zero-order valence-electron chi connectivity index (χ0n) is 11.7. The molecule has 1 amide bonds. The summed E-state index contributed by atoms with van der Waals surface area (Å²) in [6, 6.07) is 5.75. The highest BCUT2D eigenvalue weighted by molar-refractivity contribution is 5.84. The second kappa shape index (κ2) is 8.80. The van der Waals surface area contributed by atoms with E-state index in [1.165, 1.54) is 0 Å². The average molecular weight is 297 g/mol. The fourth-order valence-corrected chi connectivity index (χ4v) is 1.61. The van der Waals surface area contributed by atoms with Crippen LogP contribution in [0.2, 0.25) is 0 Å². The number of amides is 1. The summed E-state index contributed by atoms with van der Waals surface area (Å²) in [5.41, 5.74) is 0. The lowest BCUT2D eigenvalue weighted by molar-refractivity contribution is -0.142. The van der Waals surface area contributed by atoms with E-state index >= 15 is 0 Å². The summed E-state index contributed by atoms with van der Waals surface area (Å²) in [6.07, 6.45) is -0.0589. The van der Waals surface area contributed by atoms with Crippen LogP contribution < -0.4 is 14.8 Å². The van der Waals surface area contributed by atoms with Crippen molar-refractivity contribution in [3.05, 3.63) is 24.3 Å². The van der Waals surface area contributed by atoms with E-state index in [0.29, 0.717) is 18.1 Å². The minimum atomic E-state index is -1.20. The highest BCUT2D eigenvalue weighted by Crippen LogP contribution is 2.26. The first-order chi connectivity index (χ1) is 10.1. The number of aliphatic hydroxyl groups excluding tert-OH is 1. The Morgan fingerprint density at radius 3 is 2.38 bits per heavy atom. The Morgan fingerprint density at radius 1 is 1.24 bits per heavy atom. The van der Waals surface area contributed by atoms with Gasteiger partial charge in [-0.1, -0.05) is 12.1 Å². The van der Waals surface area contributed by atoms with Gasteiger partial charge in [0.25, 0.3) is 5.91 Å². The number of nitrogens with one attached hydrogen (secondary N) is 1. The summed E-state index contributed by atoms with van der Waals surface area (Å²) in [6.45, 7) is 1.63. The van der Waals surface area contributed by atoms with Gasteiger partial charge in [-0.05, 0) is 19.1 Å². The highest BCUT2D eigenvalue weighted by Gasteiger charge is 2.19. The number of ether oxygens (including phenoxy) is 2. The van der Waals surface area contributed by atoms with Crippen LogP contribution >= 0.6 is 0 Å². The van der Waals surface area contributed by atoms with Crippen LogP contribution in [0.5, 0.6) is 11.5 Å². The summed E-state index contributed by atoms with van der Waals surface area (Å²) in [5, 5.41) is 19.9. The van der Waals surface area contributed by atoms with Crippen molar-refractivity contribution in [3.63, 3.8) is 0 Å². The lowest BCUT2D eigenvalue weighted by atomic mass is 10.2. The smallest absolute Gasteiger partial charge is 0.326 e. The van der Waals surface area contributed by atoms with E-state index in [1.807, 2.05) is 6.92 Å². The third-order valence-corrected chi connectivity index (χ3v) is 2.56. The Hall–Kier alpha value is -2.28. The van der Waals surface area contributed by atoms with E-state index in [9.17, 15) is 9.59 Å². The Kier molecular flexibility index (Phi) is 7.03. The molecule has 0 fully saturated rings. The minimum Gasteiger partial charge on any atom is -0.490 e. The lowest BCUT2D eigenvalue weighted by Crippen LogP contribution is -2.43. The predicted octanol–water partition coefficient (Wildman–Crippen LogP) is 0.416. The number of aliphatic hydroxyl groups is 1. The molecule has 116 valence electrons. The molecule has 1 unspecified atom stereocenters. The SMILES string of the molecule is CCOc1ccccc1OCC(=O)NC(CCO)C(=O)O. The molecule has 3 N–H and O–H groups in total. The van der Waals surface area contributed by atoms with Gasteiger partial charge in [0.15, 0.2) is 18.1 Å². The Labute approximate surface area is 122 Å². The molecular weight excluding hydrogens is 278 g/mol. The summed E-state index contributed by atoms with van der Waals surface area (Å²) in [4.78, 5) is 22.5. The van der Waals surface area contributed by atoms with Crippen LogP contribution in [0.25, 0.3) is 0 Å². The molecule has 7 nitrogen and oxygen atoms in total. The van der Waals surface area contributed by atoms with Gasteiger partial charge < -0.3 is 25.0 Å². The fraction of sp³-hybridized carbons (Fsp3) is 0.429. The molecule has 1 aromatic carbocycles. The van der Waals surface area contributed by atoms with Gasteiger partial charge in [-0.15, -0.1) is 0 Å². The number of aliphatic carboxylic acids is 1. The molecule has 7 heteroatoms. The molecule has 0 aliphatic rings. The first-order valence-corrected chi connectivity index (χ1v) is 6.56. The van der Waals surface area contributed by atoms with Crippen molar-refractivity contribution in [3.8, 4) is 11.5 Å². The minimum absolute atomic E-state index is 0.0589. The van der Waals surface area contributed by atoms with Crippen LogP contribution in [0.15, 0.2) is 24.3 Å². The van der Waals surface area contributed by atoms with Crippen LogP contribution in [-0.4, -0.2) is 48.0 Å². The van der Waals surface area contributed by atoms with Gasteiger partial charge in [-0.25, -0.2) is 4.79 Å². The molecule has 1 atom stereocenters. The Balaban J connectivity index is 2.54. The fourth-order valence-electron chi connectivity index (χ4n) is 1.61. The standard InChI is InChI=1S/C14H19NO6/c1-2-20-11-5-3-4-6-12(11)21-9-13(17)15-10(7-8-16)14(18)19/h3-6,10,16H,2,7-9H2,1H3,(H,15,17)(H,18,19). The summed E-state index contributed by atoms with van der Waals surface area (Å²) in [5.74, 6) is -0.865. The molecule has 0 saturated heterocycles. The van der Waals surface area contributed by atoms with Crippen molar-refractivity contribution in [2.75, 3.05) is 19.8 Å². The van der Waals surface area contributed by atoms with Gasteiger partial charge in [-0.3, -0.25) is 4.79 Å². The van der Waals surface area contributed by atoms with E-state index in [2.05, 4.69) is 5.32 Å². The van der Waals surface area contributed by atoms with Gasteiger partial charge >= 0.3 is 5.97 Å². The van der Waals surface area contributed by atoms with Gasteiger partial charge in [0.05, 0.1) is 6.61 Å². The average Bonchev–Trinajstić information content (AvgIpc) is 2.46. The van der Waals surface area contributed by atoms with E-state index in [-0.39, 0.29) is 19.6 Å². The maximum Gasteiger partial charge on any atom is 0.326 e. The number of carbonyl (C=O) groups is 2. The first-order valence-electron chi connectivity index (χ1n) is 6.56. The van der Waals surface area contributed by atoms with Gasteiger partial charge in [0.1, 0.15) is 6.04 Å². The summed E-state index contributed by atoms with van der Waals surface area (Å²) >= 11 is 0. The molecular formula is C14H19NO6. The van der Waals surface area contributed by atoms with Crippen LogP contribution in [0.4, 0.5) is 0 Å². The highest BCUT2D eigenvalue weighted by atomic mass is 16.5. The van der Waals surface area contributed by atoms with Gasteiger partial charge in [0, 0.05) is 13.0 Å². The molecule has 1 rings (SSSR count). The van der Waals surface area contributed by atoms with Crippen molar-refractivity contribution in [1.29, 1.82) is 0 Å².